The highest BCUT2D eigenvalue weighted by molar-refractivity contribution is 7.85. The van der Waals surface area contributed by atoms with Crippen molar-refractivity contribution in [2.75, 3.05) is 0 Å². The smallest absolute Gasteiger partial charge is 0.282 e. The molecule has 76 valence electrons. The standard InChI is InChI=1S/C7H8O3S.CHNO/c1-6-4-2-3-5-7(6)11(8,9)10;2-1-3/h2-5H,1H3,(H,8,9,10);2H. The van der Waals surface area contributed by atoms with E-state index in [9.17, 15) is 8.42 Å². The molecule has 1 aromatic carbocycles. The second-order valence-electron chi connectivity index (χ2n) is 2.34. The van der Waals surface area contributed by atoms with Crippen LogP contribution in [0.5, 0.6) is 0 Å². The summed E-state index contributed by atoms with van der Waals surface area (Å²) in [5.74, 6) is 0. The molecule has 5 nitrogen and oxygen atoms in total. The van der Waals surface area contributed by atoms with E-state index in [-0.39, 0.29) is 4.90 Å². The monoisotopic (exact) mass is 215 g/mol. The number of isocyanates is 1. The first kappa shape index (κ1) is 12.5. The third-order valence-electron chi connectivity index (χ3n) is 1.37. The molecule has 0 radical (unpaired) electrons. The van der Waals surface area contributed by atoms with E-state index >= 15 is 0 Å². The van der Waals surface area contributed by atoms with E-state index in [1.54, 1.807) is 25.1 Å². The summed E-state index contributed by atoms with van der Waals surface area (Å²) in [5.41, 5.74) is 0.551. The zero-order valence-electron chi connectivity index (χ0n) is 7.39. The lowest BCUT2D eigenvalue weighted by atomic mass is 10.2. The summed E-state index contributed by atoms with van der Waals surface area (Å²) in [7, 11) is -4.03. The number of hydrogen-bond acceptors (Lipinski definition) is 4. The van der Waals surface area contributed by atoms with Gasteiger partial charge in [0.15, 0.2) is 0 Å². The summed E-state index contributed by atoms with van der Waals surface area (Å²) in [6, 6.07) is 6.27. The minimum absolute atomic E-state index is 0.0278. The van der Waals surface area contributed by atoms with E-state index in [1.165, 1.54) is 6.07 Å². The zero-order valence-corrected chi connectivity index (χ0v) is 8.21. The van der Waals surface area contributed by atoms with Gasteiger partial charge >= 0.3 is 0 Å². The van der Waals surface area contributed by atoms with Crippen LogP contribution in [0.3, 0.4) is 0 Å². The fourth-order valence-corrected chi connectivity index (χ4v) is 1.57. The van der Waals surface area contributed by atoms with Crippen molar-refractivity contribution in [1.29, 1.82) is 5.41 Å². The Labute approximate surface area is 81.6 Å². The highest BCUT2D eigenvalue weighted by atomic mass is 32.2. The Morgan fingerprint density at radius 1 is 1.36 bits per heavy atom. The molecule has 0 heterocycles. The van der Waals surface area contributed by atoms with E-state index < -0.39 is 10.1 Å². The minimum atomic E-state index is -4.03. The molecule has 1 aromatic rings. The molecule has 0 fully saturated rings. The van der Waals surface area contributed by atoms with Gasteiger partial charge < -0.3 is 0 Å². The number of nitrogens with one attached hydrogen (secondary N) is 1. The van der Waals surface area contributed by atoms with Crippen molar-refractivity contribution in [1.82, 2.24) is 0 Å². The van der Waals surface area contributed by atoms with Crippen LogP contribution >= 0.6 is 0 Å². The maximum Gasteiger partial charge on any atom is 0.294 e. The molecule has 0 spiro atoms. The van der Waals surface area contributed by atoms with Gasteiger partial charge in [0.1, 0.15) is 0 Å². The van der Waals surface area contributed by atoms with Crippen molar-refractivity contribution in [3.63, 3.8) is 0 Å². The van der Waals surface area contributed by atoms with Crippen LogP contribution in [-0.4, -0.2) is 19.1 Å². The maximum absolute atomic E-state index is 10.6. The van der Waals surface area contributed by atoms with Crippen molar-refractivity contribution < 1.29 is 17.8 Å². The van der Waals surface area contributed by atoms with Crippen LogP contribution in [0, 0.1) is 12.3 Å². The molecule has 0 aromatic heterocycles. The predicted octanol–water partition coefficient (Wildman–Crippen LogP) is 1.14. The summed E-state index contributed by atoms with van der Waals surface area (Å²) in [5, 5.41) is 5.40. The first-order valence-electron chi connectivity index (χ1n) is 3.50. The second-order valence-corrected chi connectivity index (χ2v) is 3.73. The summed E-state index contributed by atoms with van der Waals surface area (Å²) < 4.78 is 29.9. The van der Waals surface area contributed by atoms with Gasteiger partial charge in [0.05, 0.1) is 4.90 Å². The maximum atomic E-state index is 10.6. The van der Waals surface area contributed by atoms with Crippen LogP contribution in [0.1, 0.15) is 5.56 Å². The van der Waals surface area contributed by atoms with Crippen LogP contribution in [0.4, 0.5) is 0 Å². The van der Waals surface area contributed by atoms with Gasteiger partial charge in [0, 0.05) is 0 Å². The Kier molecular flexibility index (Phi) is 4.72. The topological polar surface area (TPSA) is 95.3 Å². The average Bonchev–Trinajstić information content (AvgIpc) is 2.04. The molecule has 1 rings (SSSR count). The highest BCUT2D eigenvalue weighted by Crippen LogP contribution is 2.12. The largest absolute Gasteiger partial charge is 0.294 e. The Balaban J connectivity index is 0.000000500. The predicted molar refractivity (Wildman–Crippen MR) is 49.4 cm³/mol. The summed E-state index contributed by atoms with van der Waals surface area (Å²) in [6.07, 6.45) is 0.750. The second kappa shape index (κ2) is 5.29. The lowest BCUT2D eigenvalue weighted by Gasteiger charge is -1.99. The van der Waals surface area contributed by atoms with Crippen molar-refractivity contribution >= 4 is 16.2 Å². The van der Waals surface area contributed by atoms with E-state index in [4.69, 9.17) is 14.8 Å². The van der Waals surface area contributed by atoms with Gasteiger partial charge in [-0.25, -0.2) is 10.2 Å². The number of hydrogen-bond donors (Lipinski definition) is 2. The van der Waals surface area contributed by atoms with Gasteiger partial charge in [-0.15, -0.1) is 0 Å². The first-order chi connectivity index (χ1) is 6.43. The number of rotatable bonds is 1. The lowest BCUT2D eigenvalue weighted by molar-refractivity contribution is 0.482. The zero-order chi connectivity index (χ0) is 11.2. The van der Waals surface area contributed by atoms with E-state index in [2.05, 4.69) is 0 Å². The van der Waals surface area contributed by atoms with Gasteiger partial charge in [0.25, 0.3) is 10.1 Å². The van der Waals surface area contributed by atoms with Gasteiger partial charge in [-0.2, -0.15) is 8.42 Å². The van der Waals surface area contributed by atoms with Crippen molar-refractivity contribution in [2.45, 2.75) is 11.8 Å². The average molecular weight is 215 g/mol. The van der Waals surface area contributed by atoms with E-state index in [0.29, 0.717) is 5.56 Å². The van der Waals surface area contributed by atoms with Crippen molar-refractivity contribution in [3.05, 3.63) is 29.8 Å². The highest BCUT2D eigenvalue weighted by Gasteiger charge is 2.10. The molecule has 6 heteroatoms. The first-order valence-corrected chi connectivity index (χ1v) is 4.94. The fourth-order valence-electron chi connectivity index (χ4n) is 0.846. The lowest BCUT2D eigenvalue weighted by Crippen LogP contribution is -1.99. The fraction of sp³-hybridized carbons (Fsp3) is 0.125. The Morgan fingerprint density at radius 3 is 2.07 bits per heavy atom. The normalized spacial score (nSPS) is 9.57. The van der Waals surface area contributed by atoms with Gasteiger partial charge in [0.2, 0.25) is 6.08 Å². The Hall–Kier alpha value is -1.49. The third-order valence-corrected chi connectivity index (χ3v) is 2.39. The summed E-state index contributed by atoms with van der Waals surface area (Å²) >= 11 is 0. The molecule has 0 atom stereocenters. The van der Waals surface area contributed by atoms with Crippen molar-refractivity contribution in [3.8, 4) is 0 Å². The van der Waals surface area contributed by atoms with Crippen LogP contribution in [0.15, 0.2) is 29.2 Å². The Morgan fingerprint density at radius 2 is 1.79 bits per heavy atom. The molecule has 0 unspecified atom stereocenters. The molecule has 0 aliphatic heterocycles. The SMILES string of the molecule is Cc1ccccc1S(=O)(=O)O.N=C=O. The molecule has 14 heavy (non-hydrogen) atoms. The van der Waals surface area contributed by atoms with Crippen LogP contribution in [-0.2, 0) is 14.9 Å². The molecule has 0 bridgehead atoms. The van der Waals surface area contributed by atoms with Crippen LogP contribution in [0.25, 0.3) is 0 Å². The summed E-state index contributed by atoms with van der Waals surface area (Å²) in [4.78, 5) is 8.32. The van der Waals surface area contributed by atoms with Crippen molar-refractivity contribution in [2.24, 2.45) is 0 Å². The quantitative estimate of drug-likeness (QED) is 0.417. The van der Waals surface area contributed by atoms with Gasteiger partial charge in [-0.1, -0.05) is 18.2 Å². The summed E-state index contributed by atoms with van der Waals surface area (Å²) in [6.45, 7) is 1.63. The van der Waals surface area contributed by atoms with Gasteiger partial charge in [-0.3, -0.25) is 4.55 Å². The van der Waals surface area contributed by atoms with Crippen LogP contribution < -0.4 is 0 Å². The molecule has 0 saturated heterocycles. The number of carbonyl (C=O) groups excluding carboxylic acids is 1. The third kappa shape index (κ3) is 3.95. The van der Waals surface area contributed by atoms with E-state index in [0.717, 1.165) is 6.08 Å². The Bertz CT molecular complexity index is 432. The minimum Gasteiger partial charge on any atom is -0.282 e. The molecular weight excluding hydrogens is 206 g/mol. The molecule has 0 aliphatic carbocycles. The number of benzene rings is 1. The van der Waals surface area contributed by atoms with Crippen LogP contribution in [0.2, 0.25) is 0 Å². The molecule has 0 aliphatic rings. The van der Waals surface area contributed by atoms with E-state index in [1.807, 2.05) is 0 Å². The molecule has 0 saturated carbocycles. The molecule has 2 N–H and O–H groups in total. The van der Waals surface area contributed by atoms with Gasteiger partial charge in [-0.05, 0) is 18.6 Å². The number of aryl methyl sites for hydroxylation is 1. The molecular formula is C8H9NO4S. The molecule has 0 amide bonds.